The molecular weight excluding hydrogens is 342 g/mol. The molecule has 5 heteroatoms. The first-order chi connectivity index (χ1) is 12.9. The molecule has 1 aromatic carbocycles. The largest absolute Gasteiger partial charge is 0.486 e. The summed E-state index contributed by atoms with van der Waals surface area (Å²) in [6.45, 7) is 11.2. The van der Waals surface area contributed by atoms with Gasteiger partial charge in [-0.05, 0) is 49.1 Å². The summed E-state index contributed by atoms with van der Waals surface area (Å²) in [5.41, 5.74) is 1.98. The van der Waals surface area contributed by atoms with E-state index in [0.29, 0.717) is 17.9 Å². The zero-order chi connectivity index (χ0) is 20.1. The molecule has 0 heterocycles. The molecule has 1 rings (SSSR count). The Bertz CT molecular complexity index is 732. The minimum Gasteiger partial charge on any atom is -0.486 e. The summed E-state index contributed by atoms with van der Waals surface area (Å²) >= 11 is 0. The van der Waals surface area contributed by atoms with Crippen molar-refractivity contribution < 1.29 is 19.5 Å². The maximum Gasteiger partial charge on any atom is 0.306 e. The van der Waals surface area contributed by atoms with Crippen LogP contribution in [0.2, 0.25) is 0 Å². The average molecular weight is 369 g/mol. The number of carbonyl (C=O) groups is 1. The van der Waals surface area contributed by atoms with Gasteiger partial charge in [0.2, 0.25) is 0 Å². The lowest BCUT2D eigenvalue weighted by Crippen LogP contribution is -2.13. The summed E-state index contributed by atoms with van der Waals surface area (Å²) in [6, 6.07) is 5.57. The quantitative estimate of drug-likeness (QED) is 0.188. The number of allylic oxidation sites excluding steroid dienone is 5. The summed E-state index contributed by atoms with van der Waals surface area (Å²) in [5.74, 6) is -0.178. The average Bonchev–Trinajstić information content (AvgIpc) is 2.64. The van der Waals surface area contributed by atoms with Crippen molar-refractivity contribution in [1.29, 1.82) is 0 Å². The van der Waals surface area contributed by atoms with Gasteiger partial charge in [0.1, 0.15) is 12.4 Å². The predicted octanol–water partition coefficient (Wildman–Crippen LogP) is 4.84. The van der Waals surface area contributed by atoms with E-state index in [1.54, 1.807) is 13.0 Å². The van der Waals surface area contributed by atoms with E-state index in [2.05, 4.69) is 18.3 Å². The normalized spacial score (nSPS) is 12.5. The Kier molecular flexibility index (Phi) is 10.0. The number of carboxylic acid groups (broad SMARTS) is 1. The highest BCUT2D eigenvalue weighted by molar-refractivity contribution is 5.71. The minimum absolute atomic E-state index is 0.171. The molecule has 0 aliphatic carbocycles. The Hall–Kier alpha value is -3.08. The van der Waals surface area contributed by atoms with E-state index in [4.69, 9.17) is 14.7 Å². The van der Waals surface area contributed by atoms with Gasteiger partial charge in [0.05, 0.1) is 12.1 Å². The standard InChI is InChI=1S/C22H27NO4/c1-5-6-7-8-9-10-13-23-27-19(4)16-26-21-12-11-20(17(2)15-21)14-18(3)22(24)25/h5,7-13,15,18H,1,4,6,14,16H2,2-3H3,(H,24,25)/b8-7?,10-9+,23-13+. The van der Waals surface area contributed by atoms with E-state index in [0.717, 1.165) is 17.5 Å². The molecule has 0 spiro atoms. The van der Waals surface area contributed by atoms with Crippen molar-refractivity contribution in [3.63, 3.8) is 0 Å². The third-order valence-corrected chi connectivity index (χ3v) is 3.65. The monoisotopic (exact) mass is 369 g/mol. The van der Waals surface area contributed by atoms with E-state index in [9.17, 15) is 4.79 Å². The van der Waals surface area contributed by atoms with Gasteiger partial charge in [0.15, 0.2) is 5.76 Å². The zero-order valence-electron chi connectivity index (χ0n) is 15.9. The molecular formula is C22H27NO4. The van der Waals surface area contributed by atoms with Crippen molar-refractivity contribution in [2.24, 2.45) is 11.1 Å². The number of aliphatic carboxylic acids is 1. The number of rotatable bonds is 12. The van der Waals surface area contributed by atoms with Crippen molar-refractivity contribution in [3.05, 3.63) is 78.6 Å². The molecule has 0 saturated heterocycles. The van der Waals surface area contributed by atoms with Gasteiger partial charge in [-0.25, -0.2) is 0 Å². The number of carboxylic acids is 1. The van der Waals surface area contributed by atoms with Gasteiger partial charge >= 0.3 is 5.97 Å². The Labute approximate surface area is 161 Å². The van der Waals surface area contributed by atoms with Crippen molar-refractivity contribution >= 4 is 12.2 Å². The van der Waals surface area contributed by atoms with Crippen LogP contribution in [-0.4, -0.2) is 23.9 Å². The fourth-order valence-electron chi connectivity index (χ4n) is 2.10. The molecule has 1 atom stereocenters. The fourth-order valence-corrected chi connectivity index (χ4v) is 2.10. The third kappa shape index (κ3) is 9.26. The SMILES string of the molecule is C=CCC=C/C=C/C=N/OC(=C)COc1ccc(CC(C)C(=O)O)c(C)c1. The van der Waals surface area contributed by atoms with Crippen molar-refractivity contribution in [2.45, 2.75) is 26.7 Å². The van der Waals surface area contributed by atoms with E-state index in [1.807, 2.05) is 49.4 Å². The first-order valence-electron chi connectivity index (χ1n) is 8.70. The molecule has 0 fully saturated rings. The van der Waals surface area contributed by atoms with E-state index in [1.165, 1.54) is 6.21 Å². The number of nitrogens with zero attached hydrogens (tertiary/aromatic N) is 1. The van der Waals surface area contributed by atoms with Crippen LogP contribution in [0.3, 0.4) is 0 Å². The van der Waals surface area contributed by atoms with Gasteiger partial charge in [-0.15, -0.1) is 6.58 Å². The van der Waals surface area contributed by atoms with Crippen LogP contribution >= 0.6 is 0 Å². The van der Waals surface area contributed by atoms with Gasteiger partial charge in [-0.2, -0.15) is 0 Å². The summed E-state index contributed by atoms with van der Waals surface area (Å²) in [5, 5.41) is 12.8. The number of ether oxygens (including phenoxy) is 1. The number of hydrogen-bond donors (Lipinski definition) is 1. The molecule has 1 unspecified atom stereocenters. The number of hydrogen-bond acceptors (Lipinski definition) is 4. The molecule has 0 aliphatic rings. The predicted molar refractivity (Wildman–Crippen MR) is 109 cm³/mol. The third-order valence-electron chi connectivity index (χ3n) is 3.65. The van der Waals surface area contributed by atoms with Gasteiger partial charge in [-0.3, -0.25) is 4.79 Å². The molecule has 0 saturated carbocycles. The number of oxime groups is 1. The second kappa shape index (κ2) is 12.3. The second-order valence-electron chi connectivity index (χ2n) is 6.04. The highest BCUT2D eigenvalue weighted by Gasteiger charge is 2.13. The van der Waals surface area contributed by atoms with E-state index in [-0.39, 0.29) is 6.61 Å². The smallest absolute Gasteiger partial charge is 0.306 e. The first kappa shape index (κ1) is 22.0. The fraction of sp³-hybridized carbons (Fsp3) is 0.273. The first-order valence-corrected chi connectivity index (χ1v) is 8.70. The lowest BCUT2D eigenvalue weighted by Gasteiger charge is -2.12. The minimum atomic E-state index is -0.800. The van der Waals surface area contributed by atoms with Crippen LogP contribution in [0.25, 0.3) is 0 Å². The topological polar surface area (TPSA) is 68.1 Å². The van der Waals surface area contributed by atoms with Crippen LogP contribution in [-0.2, 0) is 16.1 Å². The van der Waals surface area contributed by atoms with Crippen LogP contribution < -0.4 is 4.74 Å². The summed E-state index contributed by atoms with van der Waals surface area (Å²) in [6.07, 6.45) is 12.1. The highest BCUT2D eigenvalue weighted by atomic mass is 16.6. The molecule has 0 radical (unpaired) electrons. The van der Waals surface area contributed by atoms with E-state index < -0.39 is 11.9 Å². The second-order valence-corrected chi connectivity index (χ2v) is 6.04. The zero-order valence-corrected chi connectivity index (χ0v) is 15.9. The molecule has 144 valence electrons. The lowest BCUT2D eigenvalue weighted by atomic mass is 9.97. The Balaban J connectivity index is 2.42. The molecule has 0 bridgehead atoms. The van der Waals surface area contributed by atoms with Crippen LogP contribution in [0.15, 0.2) is 72.7 Å². The van der Waals surface area contributed by atoms with E-state index >= 15 is 0 Å². The molecule has 1 aromatic rings. The maximum absolute atomic E-state index is 11.0. The Morgan fingerprint density at radius 2 is 2.11 bits per heavy atom. The highest BCUT2D eigenvalue weighted by Crippen LogP contribution is 2.20. The van der Waals surface area contributed by atoms with Crippen molar-refractivity contribution in [3.8, 4) is 5.75 Å². The summed E-state index contributed by atoms with van der Waals surface area (Å²) in [7, 11) is 0. The summed E-state index contributed by atoms with van der Waals surface area (Å²) < 4.78 is 5.63. The van der Waals surface area contributed by atoms with Crippen molar-refractivity contribution in [1.82, 2.24) is 0 Å². The van der Waals surface area contributed by atoms with Gasteiger partial charge in [0.25, 0.3) is 0 Å². The van der Waals surface area contributed by atoms with Gasteiger partial charge < -0.3 is 14.7 Å². The number of aryl methyl sites for hydroxylation is 1. The molecule has 1 N–H and O–H groups in total. The summed E-state index contributed by atoms with van der Waals surface area (Å²) in [4.78, 5) is 16.1. The van der Waals surface area contributed by atoms with Crippen LogP contribution in [0.5, 0.6) is 5.75 Å². The number of benzene rings is 1. The molecule has 5 nitrogen and oxygen atoms in total. The maximum atomic E-state index is 11.0. The van der Waals surface area contributed by atoms with Gasteiger partial charge in [-0.1, -0.05) is 49.0 Å². The van der Waals surface area contributed by atoms with Crippen LogP contribution in [0, 0.1) is 12.8 Å². The molecule has 0 aliphatic heterocycles. The Morgan fingerprint density at radius 3 is 2.78 bits per heavy atom. The van der Waals surface area contributed by atoms with Crippen molar-refractivity contribution in [2.75, 3.05) is 6.61 Å². The molecule has 0 amide bonds. The van der Waals surface area contributed by atoms with Crippen LogP contribution in [0.4, 0.5) is 0 Å². The molecule has 0 aromatic heterocycles. The van der Waals surface area contributed by atoms with Gasteiger partial charge in [0, 0.05) is 0 Å². The Morgan fingerprint density at radius 1 is 1.33 bits per heavy atom. The molecule has 27 heavy (non-hydrogen) atoms. The lowest BCUT2D eigenvalue weighted by molar-refractivity contribution is -0.141. The van der Waals surface area contributed by atoms with Crippen LogP contribution in [0.1, 0.15) is 24.5 Å².